The largest absolute Gasteiger partial charge is 0.472 e. The number of pyridine rings is 2. The number of carbonyl (C=O) groups is 1. The minimum Gasteiger partial charge on any atom is -0.472 e. The normalized spacial score (nSPS) is 12.2. The number of hydrogen-bond acceptors (Lipinski definition) is 6. The fraction of sp³-hybridized carbons (Fsp3) is 0.105. The van der Waals surface area contributed by atoms with Crippen LogP contribution in [0, 0.1) is 18.3 Å². The van der Waals surface area contributed by atoms with Gasteiger partial charge in [-0.15, -0.1) is 0 Å². The number of carbonyl (C=O) groups excluding carboxylic acids is 1. The van der Waals surface area contributed by atoms with Gasteiger partial charge in [0.1, 0.15) is 17.6 Å². The van der Waals surface area contributed by atoms with Crippen LogP contribution in [0.25, 0.3) is 0 Å². The number of aromatic nitrogens is 2. The summed E-state index contributed by atoms with van der Waals surface area (Å²) >= 11 is 0. The second kappa shape index (κ2) is 6.26. The summed E-state index contributed by atoms with van der Waals surface area (Å²) in [6.45, 7) is 2.29. The first-order chi connectivity index (χ1) is 12.7. The quantitative estimate of drug-likeness (QED) is 0.787. The molecule has 0 fully saturated rings. The minimum absolute atomic E-state index is 0.259. The standard InChI is InChI=1S/C19H13N5O2/c1-11-4-12(6-20)7-22-17(11)19(25)24-16-5-15-14(8-21-16)9-23-18(15)13-2-3-26-10-13/h2-5,7-8,10H,9H2,1H3,(H,21,24,25). The van der Waals surface area contributed by atoms with Crippen molar-refractivity contribution in [1.29, 1.82) is 5.26 Å². The number of furan rings is 1. The molecule has 0 unspecified atom stereocenters. The highest BCUT2D eigenvalue weighted by Crippen LogP contribution is 2.25. The maximum absolute atomic E-state index is 12.5. The molecule has 1 amide bonds. The number of rotatable bonds is 3. The van der Waals surface area contributed by atoms with E-state index < -0.39 is 0 Å². The smallest absolute Gasteiger partial charge is 0.275 e. The molecule has 3 aromatic rings. The second-order valence-corrected chi connectivity index (χ2v) is 5.86. The van der Waals surface area contributed by atoms with Crippen molar-refractivity contribution in [2.75, 3.05) is 5.32 Å². The van der Waals surface area contributed by atoms with E-state index in [0.717, 1.165) is 22.4 Å². The van der Waals surface area contributed by atoms with E-state index >= 15 is 0 Å². The molecule has 0 saturated heterocycles. The van der Waals surface area contributed by atoms with Gasteiger partial charge < -0.3 is 9.73 Å². The summed E-state index contributed by atoms with van der Waals surface area (Å²) in [6.07, 6.45) is 6.32. The Labute approximate surface area is 149 Å². The van der Waals surface area contributed by atoms with Crippen molar-refractivity contribution in [2.24, 2.45) is 4.99 Å². The molecular weight excluding hydrogens is 330 g/mol. The van der Waals surface area contributed by atoms with Gasteiger partial charge >= 0.3 is 0 Å². The molecule has 7 heteroatoms. The van der Waals surface area contributed by atoms with E-state index in [1.54, 1.807) is 37.8 Å². The first-order valence-electron chi connectivity index (χ1n) is 7.90. The van der Waals surface area contributed by atoms with Crippen LogP contribution in [0.3, 0.4) is 0 Å². The molecule has 0 aromatic carbocycles. The van der Waals surface area contributed by atoms with Crippen LogP contribution < -0.4 is 5.32 Å². The Bertz CT molecular complexity index is 1080. The molecule has 126 valence electrons. The fourth-order valence-corrected chi connectivity index (χ4v) is 2.84. The van der Waals surface area contributed by atoms with Crippen LogP contribution in [0.4, 0.5) is 5.82 Å². The lowest BCUT2D eigenvalue weighted by Gasteiger charge is -2.08. The summed E-state index contributed by atoms with van der Waals surface area (Å²) in [4.78, 5) is 25.4. The molecule has 0 atom stereocenters. The molecule has 0 radical (unpaired) electrons. The van der Waals surface area contributed by atoms with Crippen LogP contribution in [0.5, 0.6) is 0 Å². The SMILES string of the molecule is Cc1cc(C#N)cnc1C(=O)Nc1cc2c(cn1)CN=C2c1ccoc1. The maximum atomic E-state index is 12.5. The molecular formula is C19H13N5O2. The predicted octanol–water partition coefficient (Wildman–Crippen LogP) is 2.85. The number of nitrogens with zero attached hydrogens (tertiary/aromatic N) is 4. The molecule has 4 heterocycles. The van der Waals surface area contributed by atoms with Crippen LogP contribution in [0.15, 0.2) is 52.5 Å². The van der Waals surface area contributed by atoms with E-state index in [2.05, 4.69) is 20.3 Å². The topological polar surface area (TPSA) is 104 Å². The number of nitrogens with one attached hydrogen (secondary N) is 1. The maximum Gasteiger partial charge on any atom is 0.275 e. The fourth-order valence-electron chi connectivity index (χ4n) is 2.84. The number of aliphatic imine (C=N–C) groups is 1. The zero-order valence-corrected chi connectivity index (χ0v) is 13.9. The van der Waals surface area contributed by atoms with Crippen molar-refractivity contribution in [1.82, 2.24) is 9.97 Å². The average Bonchev–Trinajstić information content (AvgIpc) is 3.30. The van der Waals surface area contributed by atoms with Crippen molar-refractivity contribution in [3.8, 4) is 6.07 Å². The lowest BCUT2D eigenvalue weighted by atomic mass is 10.0. The van der Waals surface area contributed by atoms with E-state index in [1.165, 1.54) is 6.20 Å². The van der Waals surface area contributed by atoms with E-state index in [-0.39, 0.29) is 11.6 Å². The van der Waals surface area contributed by atoms with Crippen LogP contribution in [-0.4, -0.2) is 21.6 Å². The molecule has 1 aliphatic heterocycles. The zero-order chi connectivity index (χ0) is 18.1. The monoisotopic (exact) mass is 343 g/mol. The van der Waals surface area contributed by atoms with Gasteiger partial charge in [0.05, 0.1) is 30.3 Å². The van der Waals surface area contributed by atoms with Gasteiger partial charge in [-0.3, -0.25) is 9.79 Å². The van der Waals surface area contributed by atoms with Crippen molar-refractivity contribution in [3.05, 3.63) is 76.6 Å². The number of anilines is 1. The second-order valence-electron chi connectivity index (χ2n) is 5.86. The molecule has 4 rings (SSSR count). The zero-order valence-electron chi connectivity index (χ0n) is 13.9. The molecule has 0 aliphatic carbocycles. The molecule has 26 heavy (non-hydrogen) atoms. The van der Waals surface area contributed by atoms with Gasteiger partial charge in [0.15, 0.2) is 0 Å². The molecule has 0 bridgehead atoms. The Morgan fingerprint density at radius 1 is 1.31 bits per heavy atom. The molecule has 0 saturated carbocycles. The van der Waals surface area contributed by atoms with Gasteiger partial charge in [-0.2, -0.15) is 5.26 Å². The Morgan fingerprint density at radius 2 is 2.19 bits per heavy atom. The van der Waals surface area contributed by atoms with E-state index in [0.29, 0.717) is 23.5 Å². The number of amides is 1. The third-order valence-corrected chi connectivity index (χ3v) is 4.11. The first-order valence-corrected chi connectivity index (χ1v) is 7.90. The molecule has 7 nitrogen and oxygen atoms in total. The third-order valence-electron chi connectivity index (χ3n) is 4.11. The van der Waals surface area contributed by atoms with Gasteiger partial charge in [0, 0.05) is 29.1 Å². The Hall–Kier alpha value is -3.79. The summed E-state index contributed by atoms with van der Waals surface area (Å²) in [5.74, 6) is 0.0386. The summed E-state index contributed by atoms with van der Waals surface area (Å²) < 4.78 is 5.13. The summed E-state index contributed by atoms with van der Waals surface area (Å²) in [7, 11) is 0. The van der Waals surface area contributed by atoms with Crippen LogP contribution in [-0.2, 0) is 6.54 Å². The van der Waals surface area contributed by atoms with Crippen molar-refractivity contribution in [2.45, 2.75) is 13.5 Å². The van der Waals surface area contributed by atoms with Gasteiger partial charge in [-0.05, 0) is 30.7 Å². The van der Waals surface area contributed by atoms with Crippen molar-refractivity contribution in [3.63, 3.8) is 0 Å². The van der Waals surface area contributed by atoms with Gasteiger partial charge in [-0.1, -0.05) is 0 Å². The van der Waals surface area contributed by atoms with Crippen LogP contribution >= 0.6 is 0 Å². The average molecular weight is 343 g/mol. The number of nitriles is 1. The van der Waals surface area contributed by atoms with Gasteiger partial charge in [0.25, 0.3) is 5.91 Å². The molecule has 1 aliphatic rings. The lowest BCUT2D eigenvalue weighted by Crippen LogP contribution is -2.16. The summed E-state index contributed by atoms with van der Waals surface area (Å²) in [5, 5.41) is 11.7. The molecule has 0 spiro atoms. The van der Waals surface area contributed by atoms with Crippen LogP contribution in [0.2, 0.25) is 0 Å². The first kappa shape index (κ1) is 15.7. The predicted molar refractivity (Wildman–Crippen MR) is 93.9 cm³/mol. The van der Waals surface area contributed by atoms with Crippen molar-refractivity contribution < 1.29 is 9.21 Å². The lowest BCUT2D eigenvalue weighted by molar-refractivity contribution is 0.102. The van der Waals surface area contributed by atoms with E-state index in [1.807, 2.05) is 12.1 Å². The van der Waals surface area contributed by atoms with Gasteiger partial charge in [0.2, 0.25) is 0 Å². The highest BCUT2D eigenvalue weighted by atomic mass is 16.3. The number of aryl methyl sites for hydroxylation is 1. The summed E-state index contributed by atoms with van der Waals surface area (Å²) in [6, 6.07) is 7.27. The van der Waals surface area contributed by atoms with Crippen LogP contribution in [0.1, 0.15) is 38.3 Å². The third kappa shape index (κ3) is 2.74. The Kier molecular flexibility index (Phi) is 3.78. The molecule has 3 aromatic heterocycles. The molecule has 1 N–H and O–H groups in total. The number of hydrogen-bond donors (Lipinski definition) is 1. The minimum atomic E-state index is -0.376. The Morgan fingerprint density at radius 3 is 2.92 bits per heavy atom. The highest BCUT2D eigenvalue weighted by molar-refractivity contribution is 6.15. The summed E-state index contributed by atoms with van der Waals surface area (Å²) in [5.41, 5.74) is 4.92. The van der Waals surface area contributed by atoms with Gasteiger partial charge in [-0.25, -0.2) is 9.97 Å². The van der Waals surface area contributed by atoms with Crippen molar-refractivity contribution >= 4 is 17.4 Å². The Balaban J connectivity index is 1.61. The highest BCUT2D eigenvalue weighted by Gasteiger charge is 2.20. The van der Waals surface area contributed by atoms with E-state index in [9.17, 15) is 4.79 Å². The van der Waals surface area contributed by atoms with E-state index in [4.69, 9.17) is 9.68 Å². The number of fused-ring (bicyclic) bond motifs is 1.